The van der Waals surface area contributed by atoms with Crippen molar-refractivity contribution in [1.29, 1.82) is 0 Å². The van der Waals surface area contributed by atoms with E-state index in [9.17, 15) is 31.1 Å². The molecule has 2 aromatic carbocycles. The minimum absolute atomic E-state index is 0.251. The summed E-state index contributed by atoms with van der Waals surface area (Å²) in [6.07, 6.45) is -1.23. The topological polar surface area (TPSA) is 35.5 Å². The monoisotopic (exact) mass is 404 g/mol. The van der Waals surface area contributed by atoms with E-state index in [-0.39, 0.29) is 6.08 Å². The normalized spacial score (nSPS) is 11.3. The molecule has 0 heterocycles. The first-order valence-corrected chi connectivity index (χ1v) is 8.03. The van der Waals surface area contributed by atoms with Gasteiger partial charge in [0.1, 0.15) is 22.9 Å². The zero-order chi connectivity index (χ0) is 20.8. The second-order valence-corrected chi connectivity index (χ2v) is 5.57. The molecule has 0 aliphatic heterocycles. The van der Waals surface area contributed by atoms with Gasteiger partial charge in [0, 0.05) is 18.2 Å². The summed E-state index contributed by atoms with van der Waals surface area (Å²) in [5.41, 5.74) is -0.676. The fourth-order valence-electron chi connectivity index (χ4n) is 2.29. The SMILES string of the molecule is CCCc1cc(F)c(C(=O)Oc2cc(F)c(O/C=C/C(F)F)c(F)c2)c(F)c1. The summed E-state index contributed by atoms with van der Waals surface area (Å²) < 4.78 is 88.8. The molecule has 0 saturated heterocycles. The Hall–Kier alpha value is -2.97. The van der Waals surface area contributed by atoms with Crippen LogP contribution in [0.3, 0.4) is 0 Å². The smallest absolute Gasteiger partial charge is 0.349 e. The quantitative estimate of drug-likeness (QED) is 0.262. The Bertz CT molecular complexity index is 849. The van der Waals surface area contributed by atoms with E-state index in [2.05, 4.69) is 9.47 Å². The van der Waals surface area contributed by atoms with Crippen LogP contribution in [0.5, 0.6) is 11.5 Å². The van der Waals surface area contributed by atoms with E-state index in [1.165, 1.54) is 0 Å². The zero-order valence-electron chi connectivity index (χ0n) is 14.4. The van der Waals surface area contributed by atoms with Gasteiger partial charge in [0.05, 0.1) is 6.26 Å². The standard InChI is InChI=1S/C19H14F6O3/c1-2-3-10-6-12(20)17(13(21)7-10)19(26)28-11-8-14(22)18(15(23)9-11)27-5-4-16(24)25/h4-9,16H,2-3H2,1H3/b5-4+. The van der Waals surface area contributed by atoms with Crippen molar-refractivity contribution in [2.45, 2.75) is 26.2 Å². The molecule has 0 aromatic heterocycles. The van der Waals surface area contributed by atoms with Gasteiger partial charge in [-0.25, -0.2) is 31.1 Å². The van der Waals surface area contributed by atoms with Crippen LogP contribution < -0.4 is 9.47 Å². The van der Waals surface area contributed by atoms with Crippen LogP contribution in [0, 0.1) is 23.3 Å². The number of benzene rings is 2. The van der Waals surface area contributed by atoms with Gasteiger partial charge < -0.3 is 9.47 Å². The van der Waals surface area contributed by atoms with Crippen molar-refractivity contribution in [3.63, 3.8) is 0 Å². The highest BCUT2D eigenvalue weighted by molar-refractivity contribution is 5.91. The number of aryl methyl sites for hydroxylation is 1. The minimum atomic E-state index is -2.89. The number of hydrogen-bond acceptors (Lipinski definition) is 3. The third-order valence-corrected chi connectivity index (χ3v) is 3.44. The van der Waals surface area contributed by atoms with Gasteiger partial charge in [-0.3, -0.25) is 0 Å². The number of ether oxygens (including phenoxy) is 2. The van der Waals surface area contributed by atoms with Crippen LogP contribution in [-0.4, -0.2) is 12.4 Å². The lowest BCUT2D eigenvalue weighted by Gasteiger charge is -2.10. The first-order chi connectivity index (χ1) is 13.2. The van der Waals surface area contributed by atoms with Crippen LogP contribution in [0.25, 0.3) is 0 Å². The molecule has 0 atom stereocenters. The number of carbonyl (C=O) groups excluding carboxylic acids is 1. The average molecular weight is 404 g/mol. The molecule has 0 aliphatic rings. The lowest BCUT2D eigenvalue weighted by Crippen LogP contribution is -2.14. The number of alkyl halides is 2. The fourth-order valence-corrected chi connectivity index (χ4v) is 2.29. The summed E-state index contributed by atoms with van der Waals surface area (Å²) >= 11 is 0. The van der Waals surface area contributed by atoms with E-state index in [0.717, 1.165) is 12.1 Å². The van der Waals surface area contributed by atoms with E-state index >= 15 is 0 Å². The second-order valence-electron chi connectivity index (χ2n) is 5.57. The summed E-state index contributed by atoms with van der Waals surface area (Å²) in [5, 5.41) is 0. The predicted molar refractivity (Wildman–Crippen MR) is 87.4 cm³/mol. The third-order valence-electron chi connectivity index (χ3n) is 3.44. The summed E-state index contributed by atoms with van der Waals surface area (Å²) in [6.45, 7) is 1.80. The number of rotatable bonds is 7. The average Bonchev–Trinajstić information content (AvgIpc) is 2.56. The molecule has 0 radical (unpaired) electrons. The lowest BCUT2D eigenvalue weighted by atomic mass is 10.1. The Balaban J connectivity index is 2.23. The maximum atomic E-state index is 14.0. The summed E-state index contributed by atoms with van der Waals surface area (Å²) in [7, 11) is 0. The molecular formula is C19H14F6O3. The van der Waals surface area contributed by atoms with Crippen LogP contribution in [0.4, 0.5) is 26.3 Å². The van der Waals surface area contributed by atoms with Crippen molar-refractivity contribution < 1.29 is 40.6 Å². The summed E-state index contributed by atoms with van der Waals surface area (Å²) in [5.74, 6) is -8.30. The molecule has 0 fully saturated rings. The molecule has 3 nitrogen and oxygen atoms in total. The van der Waals surface area contributed by atoms with Crippen LogP contribution >= 0.6 is 0 Å². The van der Waals surface area contributed by atoms with Crippen molar-refractivity contribution in [3.05, 3.63) is 71.0 Å². The van der Waals surface area contributed by atoms with Crippen LogP contribution in [0.1, 0.15) is 29.3 Å². The van der Waals surface area contributed by atoms with Crippen LogP contribution in [-0.2, 0) is 6.42 Å². The molecule has 0 spiro atoms. The molecule has 0 amide bonds. The molecule has 9 heteroatoms. The van der Waals surface area contributed by atoms with Gasteiger partial charge in [0.25, 0.3) is 6.43 Å². The summed E-state index contributed by atoms with van der Waals surface area (Å²) in [4.78, 5) is 12.0. The first-order valence-electron chi connectivity index (χ1n) is 8.03. The first kappa shape index (κ1) is 21.3. The highest BCUT2D eigenvalue weighted by Gasteiger charge is 2.22. The lowest BCUT2D eigenvalue weighted by molar-refractivity contribution is 0.0723. The van der Waals surface area contributed by atoms with Gasteiger partial charge in [-0.2, -0.15) is 0 Å². The molecule has 2 rings (SSSR count). The van der Waals surface area contributed by atoms with E-state index in [1.54, 1.807) is 6.92 Å². The maximum absolute atomic E-state index is 14.0. The fraction of sp³-hybridized carbons (Fsp3) is 0.211. The molecule has 0 saturated carbocycles. The Morgan fingerprint density at radius 1 is 1.00 bits per heavy atom. The van der Waals surface area contributed by atoms with E-state index < -0.39 is 52.7 Å². The molecule has 150 valence electrons. The largest absolute Gasteiger partial charge is 0.459 e. The van der Waals surface area contributed by atoms with Crippen molar-refractivity contribution >= 4 is 5.97 Å². The summed E-state index contributed by atoms with van der Waals surface area (Å²) in [6, 6.07) is 2.95. The molecule has 28 heavy (non-hydrogen) atoms. The van der Waals surface area contributed by atoms with Gasteiger partial charge in [-0.15, -0.1) is 0 Å². The van der Waals surface area contributed by atoms with Gasteiger partial charge in [-0.1, -0.05) is 13.3 Å². The van der Waals surface area contributed by atoms with Gasteiger partial charge in [0.15, 0.2) is 17.4 Å². The molecule has 0 N–H and O–H groups in total. The molecular weight excluding hydrogens is 390 g/mol. The minimum Gasteiger partial charge on any atom is -0.459 e. The van der Waals surface area contributed by atoms with E-state index in [1.807, 2.05) is 0 Å². The molecule has 0 aliphatic carbocycles. The predicted octanol–water partition coefficient (Wildman–Crippen LogP) is 5.57. The number of hydrogen-bond donors (Lipinski definition) is 0. The van der Waals surface area contributed by atoms with Crippen LogP contribution in [0.15, 0.2) is 36.6 Å². The Kier molecular flexibility index (Phi) is 7.08. The molecule has 2 aromatic rings. The highest BCUT2D eigenvalue weighted by atomic mass is 19.3. The Morgan fingerprint density at radius 2 is 1.57 bits per heavy atom. The number of halogens is 6. The van der Waals surface area contributed by atoms with Crippen molar-refractivity contribution in [2.75, 3.05) is 0 Å². The van der Waals surface area contributed by atoms with Gasteiger partial charge in [-0.05, 0) is 24.1 Å². The second kappa shape index (κ2) is 9.29. The zero-order valence-corrected chi connectivity index (χ0v) is 14.4. The third kappa shape index (κ3) is 5.28. The van der Waals surface area contributed by atoms with E-state index in [4.69, 9.17) is 0 Å². The van der Waals surface area contributed by atoms with Crippen molar-refractivity contribution in [1.82, 2.24) is 0 Å². The highest BCUT2D eigenvalue weighted by Crippen LogP contribution is 2.28. The van der Waals surface area contributed by atoms with Gasteiger partial charge in [0.2, 0.25) is 0 Å². The number of esters is 1. The Labute approximate surface area is 156 Å². The van der Waals surface area contributed by atoms with Crippen molar-refractivity contribution in [3.8, 4) is 11.5 Å². The van der Waals surface area contributed by atoms with Crippen LogP contribution in [0.2, 0.25) is 0 Å². The molecule has 0 bridgehead atoms. The number of allylic oxidation sites excluding steroid dienone is 1. The van der Waals surface area contributed by atoms with Gasteiger partial charge >= 0.3 is 5.97 Å². The number of carbonyl (C=O) groups is 1. The molecule has 0 unspecified atom stereocenters. The maximum Gasteiger partial charge on any atom is 0.349 e. The van der Waals surface area contributed by atoms with Crippen molar-refractivity contribution in [2.24, 2.45) is 0 Å². The Morgan fingerprint density at radius 3 is 2.07 bits per heavy atom. The van der Waals surface area contributed by atoms with E-state index in [0.29, 0.717) is 36.8 Å².